The van der Waals surface area contributed by atoms with Gasteiger partial charge >= 0.3 is 12.0 Å². The molecule has 6 heteroatoms. The topological polar surface area (TPSA) is 67.9 Å². The molecular weight excluding hydrogens is 296 g/mol. The molecule has 2 amide bonds. The number of nitrogens with zero attached hydrogens (tertiary/aromatic N) is 1. The van der Waals surface area contributed by atoms with Gasteiger partial charge < -0.3 is 19.7 Å². The fourth-order valence-corrected chi connectivity index (χ4v) is 2.62. The fourth-order valence-electron chi connectivity index (χ4n) is 2.62. The molecule has 0 radical (unpaired) electrons. The van der Waals surface area contributed by atoms with E-state index >= 15 is 0 Å². The van der Waals surface area contributed by atoms with Crippen LogP contribution >= 0.6 is 0 Å². The number of hydrogen-bond acceptors (Lipinski definition) is 4. The molecule has 0 unspecified atom stereocenters. The standard InChI is InChI=1S/C17H24N2O4/c1-3-22-15-9-7-14(8-10-15)18-17(21)19-11-5-6-13(12-19)16(20)23-4-2/h7-10,13H,3-6,11-12H2,1-2H3,(H,18,21)/t13-/m0/s1. The molecule has 1 saturated heterocycles. The van der Waals surface area contributed by atoms with Gasteiger partial charge in [-0.15, -0.1) is 0 Å². The van der Waals surface area contributed by atoms with Crippen molar-refractivity contribution >= 4 is 17.7 Å². The maximum atomic E-state index is 12.3. The Balaban J connectivity index is 1.90. The Hall–Kier alpha value is -2.24. The van der Waals surface area contributed by atoms with E-state index in [-0.39, 0.29) is 17.9 Å². The van der Waals surface area contributed by atoms with Crippen molar-refractivity contribution in [2.24, 2.45) is 5.92 Å². The number of anilines is 1. The van der Waals surface area contributed by atoms with Crippen LogP contribution in [-0.2, 0) is 9.53 Å². The number of carbonyl (C=O) groups excluding carboxylic acids is 2. The van der Waals surface area contributed by atoms with Gasteiger partial charge in [-0.1, -0.05) is 0 Å². The molecule has 1 aliphatic heterocycles. The first-order valence-electron chi connectivity index (χ1n) is 8.09. The quantitative estimate of drug-likeness (QED) is 0.847. The van der Waals surface area contributed by atoms with Gasteiger partial charge in [0.15, 0.2) is 0 Å². The second-order valence-corrected chi connectivity index (χ2v) is 5.42. The van der Waals surface area contributed by atoms with E-state index in [1.54, 1.807) is 24.0 Å². The number of carbonyl (C=O) groups is 2. The number of amides is 2. The Labute approximate surface area is 136 Å². The minimum absolute atomic E-state index is 0.192. The number of likely N-dealkylation sites (tertiary alicyclic amines) is 1. The largest absolute Gasteiger partial charge is 0.494 e. The summed E-state index contributed by atoms with van der Waals surface area (Å²) in [4.78, 5) is 25.8. The van der Waals surface area contributed by atoms with Gasteiger partial charge in [0.25, 0.3) is 0 Å². The maximum absolute atomic E-state index is 12.3. The molecule has 1 aromatic rings. The van der Waals surface area contributed by atoms with Crippen LogP contribution in [-0.4, -0.2) is 43.2 Å². The Morgan fingerprint density at radius 1 is 1.22 bits per heavy atom. The van der Waals surface area contributed by atoms with Crippen molar-refractivity contribution in [2.45, 2.75) is 26.7 Å². The summed E-state index contributed by atoms with van der Waals surface area (Å²) in [6.07, 6.45) is 1.58. The van der Waals surface area contributed by atoms with Gasteiger partial charge in [-0.2, -0.15) is 0 Å². The summed E-state index contributed by atoms with van der Waals surface area (Å²) in [5.41, 5.74) is 0.705. The second kappa shape index (κ2) is 8.41. The van der Waals surface area contributed by atoms with Crippen LogP contribution in [0, 0.1) is 5.92 Å². The first kappa shape index (κ1) is 17.1. The van der Waals surface area contributed by atoms with Gasteiger partial charge in [0.2, 0.25) is 0 Å². The van der Waals surface area contributed by atoms with E-state index in [1.165, 1.54) is 0 Å². The highest BCUT2D eigenvalue weighted by atomic mass is 16.5. The zero-order valence-electron chi connectivity index (χ0n) is 13.7. The van der Waals surface area contributed by atoms with E-state index < -0.39 is 0 Å². The second-order valence-electron chi connectivity index (χ2n) is 5.42. The third-order valence-corrected chi connectivity index (χ3v) is 3.75. The third kappa shape index (κ3) is 4.87. The van der Waals surface area contributed by atoms with Crippen molar-refractivity contribution in [1.82, 2.24) is 4.90 Å². The molecular formula is C17H24N2O4. The summed E-state index contributed by atoms with van der Waals surface area (Å²) in [5, 5.41) is 2.85. The molecule has 1 fully saturated rings. The lowest BCUT2D eigenvalue weighted by Crippen LogP contribution is -2.44. The predicted molar refractivity (Wildman–Crippen MR) is 87.6 cm³/mol. The number of nitrogens with one attached hydrogen (secondary N) is 1. The van der Waals surface area contributed by atoms with Crippen molar-refractivity contribution in [1.29, 1.82) is 0 Å². The minimum Gasteiger partial charge on any atom is -0.494 e. The predicted octanol–water partition coefficient (Wildman–Crippen LogP) is 2.89. The summed E-state index contributed by atoms with van der Waals surface area (Å²) in [6, 6.07) is 7.04. The van der Waals surface area contributed by atoms with Crippen molar-refractivity contribution in [3.63, 3.8) is 0 Å². The Morgan fingerprint density at radius 2 is 1.96 bits per heavy atom. The van der Waals surface area contributed by atoms with E-state index in [0.29, 0.717) is 32.0 Å². The molecule has 0 spiro atoms. The normalized spacial score (nSPS) is 17.5. The monoisotopic (exact) mass is 320 g/mol. The fraction of sp³-hybridized carbons (Fsp3) is 0.529. The van der Waals surface area contributed by atoms with Crippen LogP contribution in [0.4, 0.5) is 10.5 Å². The Kier molecular flexibility index (Phi) is 6.26. The highest BCUT2D eigenvalue weighted by molar-refractivity contribution is 5.89. The molecule has 23 heavy (non-hydrogen) atoms. The van der Waals surface area contributed by atoms with Gasteiger partial charge in [-0.25, -0.2) is 4.79 Å². The van der Waals surface area contributed by atoms with Gasteiger partial charge in [0, 0.05) is 18.8 Å². The van der Waals surface area contributed by atoms with Crippen LogP contribution in [0.1, 0.15) is 26.7 Å². The van der Waals surface area contributed by atoms with E-state index in [2.05, 4.69) is 5.32 Å². The smallest absolute Gasteiger partial charge is 0.321 e. The van der Waals surface area contributed by atoms with Crippen molar-refractivity contribution < 1.29 is 19.1 Å². The highest BCUT2D eigenvalue weighted by Crippen LogP contribution is 2.20. The zero-order chi connectivity index (χ0) is 16.7. The average molecular weight is 320 g/mol. The SMILES string of the molecule is CCOC(=O)[C@H]1CCCN(C(=O)Nc2ccc(OCC)cc2)C1. The van der Waals surface area contributed by atoms with E-state index in [4.69, 9.17) is 9.47 Å². The van der Waals surface area contributed by atoms with Crippen LogP contribution in [0.15, 0.2) is 24.3 Å². The molecule has 1 atom stereocenters. The summed E-state index contributed by atoms with van der Waals surface area (Å²) < 4.78 is 10.4. The maximum Gasteiger partial charge on any atom is 0.321 e. The molecule has 1 heterocycles. The van der Waals surface area contributed by atoms with Gasteiger partial charge in [0.1, 0.15) is 5.75 Å². The Bertz CT molecular complexity index is 530. The number of benzene rings is 1. The van der Waals surface area contributed by atoms with Gasteiger partial charge in [-0.3, -0.25) is 4.79 Å². The first-order valence-corrected chi connectivity index (χ1v) is 8.09. The Morgan fingerprint density at radius 3 is 2.61 bits per heavy atom. The molecule has 0 bridgehead atoms. The van der Waals surface area contributed by atoms with Crippen LogP contribution in [0.2, 0.25) is 0 Å². The summed E-state index contributed by atoms with van der Waals surface area (Å²) >= 11 is 0. The lowest BCUT2D eigenvalue weighted by molar-refractivity contribution is -0.149. The number of esters is 1. The van der Waals surface area contributed by atoms with Crippen LogP contribution < -0.4 is 10.1 Å². The molecule has 0 saturated carbocycles. The number of hydrogen-bond donors (Lipinski definition) is 1. The molecule has 1 aliphatic rings. The molecule has 2 rings (SSSR count). The van der Waals surface area contributed by atoms with Gasteiger partial charge in [-0.05, 0) is 51.0 Å². The van der Waals surface area contributed by atoms with E-state index in [9.17, 15) is 9.59 Å². The zero-order valence-corrected chi connectivity index (χ0v) is 13.7. The van der Waals surface area contributed by atoms with E-state index in [1.807, 2.05) is 19.1 Å². The van der Waals surface area contributed by atoms with Gasteiger partial charge in [0.05, 0.1) is 19.1 Å². The van der Waals surface area contributed by atoms with Crippen LogP contribution in [0.5, 0.6) is 5.75 Å². The molecule has 1 aromatic carbocycles. The lowest BCUT2D eigenvalue weighted by Gasteiger charge is -2.31. The number of ether oxygens (including phenoxy) is 2. The number of urea groups is 1. The highest BCUT2D eigenvalue weighted by Gasteiger charge is 2.29. The summed E-state index contributed by atoms with van der Waals surface area (Å²) in [5.74, 6) is 0.326. The molecule has 0 aliphatic carbocycles. The van der Waals surface area contributed by atoms with Crippen molar-refractivity contribution in [3.05, 3.63) is 24.3 Å². The minimum atomic E-state index is -0.227. The van der Waals surface area contributed by atoms with E-state index in [0.717, 1.165) is 18.6 Å². The number of rotatable bonds is 5. The lowest BCUT2D eigenvalue weighted by atomic mass is 9.98. The van der Waals surface area contributed by atoms with Crippen LogP contribution in [0.3, 0.4) is 0 Å². The molecule has 6 nitrogen and oxygen atoms in total. The van der Waals surface area contributed by atoms with Crippen molar-refractivity contribution in [3.8, 4) is 5.75 Å². The third-order valence-electron chi connectivity index (χ3n) is 3.75. The van der Waals surface area contributed by atoms with Crippen molar-refractivity contribution in [2.75, 3.05) is 31.6 Å². The first-order chi connectivity index (χ1) is 11.1. The van der Waals surface area contributed by atoms with Crippen LogP contribution in [0.25, 0.3) is 0 Å². The summed E-state index contributed by atoms with van der Waals surface area (Å²) in [7, 11) is 0. The molecule has 126 valence electrons. The molecule has 0 aromatic heterocycles. The average Bonchev–Trinajstić information content (AvgIpc) is 2.57. The molecule has 1 N–H and O–H groups in total. The summed E-state index contributed by atoms with van der Waals surface area (Å²) in [6.45, 7) is 5.74. The number of piperidine rings is 1.